The van der Waals surface area contributed by atoms with Crippen molar-refractivity contribution in [1.29, 1.82) is 5.26 Å². The van der Waals surface area contributed by atoms with Gasteiger partial charge in [0.15, 0.2) is 0 Å². The molecular formula is C21H20N2O4. The number of nitrogens with zero attached hydrogens (tertiary/aromatic N) is 2. The number of ether oxygens (including phenoxy) is 3. The highest BCUT2D eigenvalue weighted by Gasteiger charge is 2.37. The van der Waals surface area contributed by atoms with Gasteiger partial charge in [-0.3, -0.25) is 4.57 Å². The molecule has 0 amide bonds. The van der Waals surface area contributed by atoms with Crippen molar-refractivity contribution in [2.24, 2.45) is 0 Å². The zero-order valence-corrected chi connectivity index (χ0v) is 15.4. The van der Waals surface area contributed by atoms with Gasteiger partial charge >= 0.3 is 5.97 Å². The summed E-state index contributed by atoms with van der Waals surface area (Å²) < 4.78 is 18.0. The molecule has 0 radical (unpaired) electrons. The van der Waals surface area contributed by atoms with Crippen molar-refractivity contribution in [1.82, 2.24) is 4.57 Å². The van der Waals surface area contributed by atoms with E-state index in [1.54, 1.807) is 50.1 Å². The molecule has 0 aliphatic carbocycles. The lowest BCUT2D eigenvalue weighted by atomic mass is 9.83. The molecule has 0 saturated carbocycles. The average molecular weight is 364 g/mol. The van der Waals surface area contributed by atoms with Crippen LogP contribution in [0.3, 0.4) is 0 Å². The lowest BCUT2D eigenvalue weighted by molar-refractivity contribution is -0.139. The molecule has 0 unspecified atom stereocenters. The number of allylic oxidation sites excluding steroid dienone is 2. The number of hydrogen-bond acceptors (Lipinski definition) is 5. The molecule has 1 aliphatic rings. The number of esters is 1. The Bertz CT molecular complexity index is 932. The molecular weight excluding hydrogens is 344 g/mol. The van der Waals surface area contributed by atoms with E-state index >= 15 is 0 Å². The minimum Gasteiger partial charge on any atom is -0.497 e. The highest BCUT2D eigenvalue weighted by Crippen LogP contribution is 2.42. The molecule has 1 aromatic carbocycles. The first-order valence-electron chi connectivity index (χ1n) is 8.58. The molecule has 0 fully saturated rings. The summed E-state index contributed by atoms with van der Waals surface area (Å²) >= 11 is 0. The maximum absolute atomic E-state index is 12.6. The summed E-state index contributed by atoms with van der Waals surface area (Å²) in [6, 6.07) is 13.2. The summed E-state index contributed by atoms with van der Waals surface area (Å²) in [4.78, 5) is 12.6. The molecule has 3 rings (SSSR count). The quantitative estimate of drug-likeness (QED) is 0.754. The Morgan fingerprint density at radius 3 is 2.48 bits per heavy atom. The molecule has 6 nitrogen and oxygen atoms in total. The fourth-order valence-corrected chi connectivity index (χ4v) is 3.10. The van der Waals surface area contributed by atoms with Crippen molar-refractivity contribution in [3.05, 3.63) is 71.3 Å². The van der Waals surface area contributed by atoms with Crippen LogP contribution in [0.15, 0.2) is 65.7 Å². The normalized spacial score (nSPS) is 16.6. The zero-order chi connectivity index (χ0) is 19.4. The van der Waals surface area contributed by atoms with E-state index in [2.05, 4.69) is 6.07 Å². The van der Waals surface area contributed by atoms with Gasteiger partial charge in [-0.05, 0) is 43.7 Å². The van der Waals surface area contributed by atoms with Crippen molar-refractivity contribution in [3.8, 4) is 11.8 Å². The number of carbonyl (C=O) groups is 1. The largest absolute Gasteiger partial charge is 0.497 e. The maximum atomic E-state index is 12.6. The summed E-state index contributed by atoms with van der Waals surface area (Å²) in [5, 5.41) is 9.91. The van der Waals surface area contributed by atoms with Crippen molar-refractivity contribution in [3.63, 3.8) is 0 Å². The van der Waals surface area contributed by atoms with Crippen LogP contribution in [-0.4, -0.2) is 24.3 Å². The number of methoxy groups -OCH3 is 1. The second-order valence-electron chi connectivity index (χ2n) is 5.92. The summed E-state index contributed by atoms with van der Waals surface area (Å²) in [6.07, 6.45) is 3.58. The molecule has 0 bridgehead atoms. The lowest BCUT2D eigenvalue weighted by Gasteiger charge is -2.28. The monoisotopic (exact) mass is 364 g/mol. The second-order valence-corrected chi connectivity index (χ2v) is 5.92. The van der Waals surface area contributed by atoms with Gasteiger partial charge in [-0.2, -0.15) is 5.26 Å². The minimum atomic E-state index is -0.592. The lowest BCUT2D eigenvalue weighted by Crippen LogP contribution is -2.24. The molecule has 0 spiro atoms. The molecule has 2 aromatic rings. The molecule has 1 atom stereocenters. The molecule has 0 N–H and O–H groups in total. The van der Waals surface area contributed by atoms with E-state index in [4.69, 9.17) is 14.2 Å². The fourth-order valence-electron chi connectivity index (χ4n) is 3.10. The first kappa shape index (κ1) is 18.3. The van der Waals surface area contributed by atoms with Gasteiger partial charge in [0.05, 0.1) is 25.2 Å². The van der Waals surface area contributed by atoms with Gasteiger partial charge in [-0.1, -0.05) is 12.1 Å². The van der Waals surface area contributed by atoms with E-state index < -0.39 is 11.9 Å². The third kappa shape index (κ3) is 3.44. The number of carbonyl (C=O) groups excluding carboxylic acids is 1. The van der Waals surface area contributed by atoms with Crippen molar-refractivity contribution < 1.29 is 19.0 Å². The third-order valence-corrected chi connectivity index (χ3v) is 4.34. The summed E-state index contributed by atoms with van der Waals surface area (Å²) in [5.41, 5.74) is 1.45. The maximum Gasteiger partial charge on any atom is 0.338 e. The van der Waals surface area contributed by atoms with Crippen LogP contribution in [0.1, 0.15) is 25.3 Å². The van der Waals surface area contributed by atoms with E-state index in [1.807, 2.05) is 24.3 Å². The third-order valence-electron chi connectivity index (χ3n) is 4.34. The molecule has 0 saturated heterocycles. The topological polar surface area (TPSA) is 73.5 Å². The van der Waals surface area contributed by atoms with E-state index in [1.165, 1.54) is 0 Å². The van der Waals surface area contributed by atoms with Crippen LogP contribution in [0.5, 0.6) is 5.75 Å². The Hall–Kier alpha value is -3.46. The summed E-state index contributed by atoms with van der Waals surface area (Å²) in [7, 11) is 1.59. The summed E-state index contributed by atoms with van der Waals surface area (Å²) in [6.45, 7) is 3.69. The van der Waals surface area contributed by atoms with Gasteiger partial charge in [-0.15, -0.1) is 0 Å². The number of hydrogen-bond donors (Lipinski definition) is 0. The number of aromatic nitrogens is 1. The van der Waals surface area contributed by atoms with Crippen LogP contribution in [0, 0.1) is 11.3 Å². The average Bonchev–Trinajstić information content (AvgIpc) is 3.22. The highest BCUT2D eigenvalue weighted by atomic mass is 16.5. The van der Waals surface area contributed by atoms with Gasteiger partial charge in [0.1, 0.15) is 23.2 Å². The van der Waals surface area contributed by atoms with Crippen molar-refractivity contribution in [2.75, 3.05) is 13.7 Å². The van der Waals surface area contributed by atoms with Gasteiger partial charge in [-0.25, -0.2) is 4.79 Å². The van der Waals surface area contributed by atoms with E-state index in [0.717, 1.165) is 5.56 Å². The predicted molar refractivity (Wildman–Crippen MR) is 99.4 cm³/mol. The Labute approximate surface area is 157 Å². The Morgan fingerprint density at radius 1 is 1.26 bits per heavy atom. The molecule has 1 aliphatic heterocycles. The Balaban J connectivity index is 2.19. The van der Waals surface area contributed by atoms with Crippen LogP contribution in [-0.2, 0) is 14.3 Å². The van der Waals surface area contributed by atoms with Crippen LogP contribution in [0.25, 0.3) is 5.88 Å². The van der Waals surface area contributed by atoms with Crippen molar-refractivity contribution >= 4 is 11.9 Å². The molecule has 6 heteroatoms. The first-order valence-corrected chi connectivity index (χ1v) is 8.58. The van der Waals surface area contributed by atoms with Crippen LogP contribution < -0.4 is 4.74 Å². The molecule has 27 heavy (non-hydrogen) atoms. The van der Waals surface area contributed by atoms with Crippen LogP contribution in [0.4, 0.5) is 0 Å². The van der Waals surface area contributed by atoms with Gasteiger partial charge < -0.3 is 14.2 Å². The summed E-state index contributed by atoms with van der Waals surface area (Å²) in [5.74, 6) is 0.407. The first-order chi connectivity index (χ1) is 13.1. The standard InChI is InChI=1S/C21H20N2O4/c1-4-26-21(24)18-14(2)27-20(23-11-5-6-12-23)17(13-22)19(18)15-7-9-16(25-3)10-8-15/h5-12,19H,4H2,1-3H3/t19-/m0/s1. The fraction of sp³-hybridized carbons (Fsp3) is 0.238. The SMILES string of the molecule is CCOC(=O)C1=C(C)OC(n2cccc2)=C(C#N)[C@@H]1c1ccc(OC)cc1. The number of nitriles is 1. The molecule has 138 valence electrons. The van der Waals surface area contributed by atoms with Gasteiger partial charge in [0, 0.05) is 12.4 Å². The Kier molecular flexibility index (Phi) is 5.32. The zero-order valence-electron chi connectivity index (χ0n) is 15.4. The van der Waals surface area contributed by atoms with Crippen molar-refractivity contribution in [2.45, 2.75) is 19.8 Å². The highest BCUT2D eigenvalue weighted by molar-refractivity contribution is 5.93. The van der Waals surface area contributed by atoms with Crippen LogP contribution >= 0.6 is 0 Å². The smallest absolute Gasteiger partial charge is 0.338 e. The van der Waals surface area contributed by atoms with Gasteiger partial charge in [0.2, 0.25) is 5.88 Å². The van der Waals surface area contributed by atoms with Gasteiger partial charge in [0.25, 0.3) is 0 Å². The number of benzene rings is 1. The van der Waals surface area contributed by atoms with E-state index in [9.17, 15) is 10.1 Å². The predicted octanol–water partition coefficient (Wildman–Crippen LogP) is 3.84. The van der Waals surface area contributed by atoms with E-state index in [0.29, 0.717) is 28.5 Å². The van der Waals surface area contributed by atoms with Crippen LogP contribution in [0.2, 0.25) is 0 Å². The molecule has 1 aromatic heterocycles. The minimum absolute atomic E-state index is 0.237. The van der Waals surface area contributed by atoms with E-state index in [-0.39, 0.29) is 6.61 Å². The number of rotatable bonds is 5. The second kappa shape index (κ2) is 7.83. The Morgan fingerprint density at radius 2 is 1.93 bits per heavy atom. The molecule has 2 heterocycles.